The lowest BCUT2D eigenvalue weighted by Gasteiger charge is -2.25. The summed E-state index contributed by atoms with van der Waals surface area (Å²) in [6.07, 6.45) is 17.8. The monoisotopic (exact) mass is 540 g/mol. The highest BCUT2D eigenvalue weighted by Gasteiger charge is 2.29. The Labute approximate surface area is 234 Å². The first-order valence-electron chi connectivity index (χ1n) is 14.0. The first kappa shape index (κ1) is 34.0. The number of aliphatic hydroxyl groups is 1. The summed E-state index contributed by atoms with van der Waals surface area (Å²) in [7, 11) is 0. The van der Waals surface area contributed by atoms with Gasteiger partial charge in [-0.15, -0.1) is 0 Å². The van der Waals surface area contributed by atoms with Gasteiger partial charge in [0.1, 0.15) is 11.9 Å². The maximum Gasteiger partial charge on any atom is 0.331 e. The molecule has 0 radical (unpaired) electrons. The molecule has 0 fully saturated rings. The second kappa shape index (κ2) is 16.9. The zero-order valence-electron chi connectivity index (χ0n) is 24.9. The third-order valence-corrected chi connectivity index (χ3v) is 7.12. The number of cyclic esters (lactones) is 1. The number of carbonyl (C=O) groups excluding carboxylic acids is 2. The van der Waals surface area contributed by atoms with E-state index in [1.165, 1.54) is 11.6 Å². The number of carboxylic acids is 1. The lowest BCUT2D eigenvalue weighted by Crippen LogP contribution is -2.34. The summed E-state index contributed by atoms with van der Waals surface area (Å²) in [5.74, 6) is -2.01. The van der Waals surface area contributed by atoms with Crippen LogP contribution in [0, 0.1) is 29.6 Å². The first-order valence-corrected chi connectivity index (χ1v) is 14.0. The lowest BCUT2D eigenvalue weighted by molar-refractivity contribution is -0.143. The molecule has 0 bridgehead atoms. The van der Waals surface area contributed by atoms with Crippen molar-refractivity contribution in [3.8, 4) is 0 Å². The van der Waals surface area contributed by atoms with Crippen molar-refractivity contribution in [3.63, 3.8) is 0 Å². The third kappa shape index (κ3) is 12.6. The van der Waals surface area contributed by atoms with E-state index in [1.54, 1.807) is 13.8 Å². The summed E-state index contributed by atoms with van der Waals surface area (Å²) in [4.78, 5) is 35.3. The van der Waals surface area contributed by atoms with E-state index in [0.717, 1.165) is 24.5 Å². The minimum absolute atomic E-state index is 0.0360. The molecule has 0 unspecified atom stereocenters. The summed E-state index contributed by atoms with van der Waals surface area (Å²) >= 11 is 0. The zero-order chi connectivity index (χ0) is 29.7. The summed E-state index contributed by atoms with van der Waals surface area (Å²) in [5.41, 5.74) is 2.84. The number of esters is 1. The largest absolute Gasteiger partial charge is 0.478 e. The molecule has 1 aliphatic heterocycles. The normalized spacial score (nSPS) is 23.0. The van der Waals surface area contributed by atoms with Crippen LogP contribution in [-0.4, -0.2) is 40.1 Å². The van der Waals surface area contributed by atoms with Gasteiger partial charge in [-0.1, -0.05) is 94.7 Å². The molecular weight excluding hydrogens is 492 g/mol. The molecule has 6 nitrogen and oxygen atoms in total. The van der Waals surface area contributed by atoms with Crippen LogP contribution in [0.25, 0.3) is 0 Å². The molecule has 216 valence electrons. The Bertz CT molecular complexity index is 1020. The van der Waals surface area contributed by atoms with E-state index in [9.17, 15) is 19.5 Å². The van der Waals surface area contributed by atoms with Crippen molar-refractivity contribution in [1.82, 2.24) is 0 Å². The molecular formula is C33H48O6. The fourth-order valence-corrected chi connectivity index (χ4v) is 4.75. The number of carbonyl (C=O) groups is 3. The van der Waals surface area contributed by atoms with Gasteiger partial charge in [-0.05, 0) is 51.0 Å². The molecule has 0 spiro atoms. The lowest BCUT2D eigenvalue weighted by atomic mass is 9.83. The fraction of sp³-hybridized carbons (Fsp3) is 0.545. The van der Waals surface area contributed by atoms with Crippen LogP contribution < -0.4 is 0 Å². The van der Waals surface area contributed by atoms with Gasteiger partial charge in [-0.3, -0.25) is 4.79 Å². The summed E-state index contributed by atoms with van der Waals surface area (Å²) in [6.45, 7) is 15.4. The van der Waals surface area contributed by atoms with Crippen LogP contribution in [0.1, 0.15) is 74.7 Å². The third-order valence-electron chi connectivity index (χ3n) is 7.12. The molecule has 0 aromatic heterocycles. The Kier molecular flexibility index (Phi) is 14.7. The molecule has 0 amide bonds. The van der Waals surface area contributed by atoms with Crippen molar-refractivity contribution >= 4 is 17.7 Å². The average Bonchev–Trinajstić information content (AvgIpc) is 2.86. The molecule has 0 saturated heterocycles. The minimum Gasteiger partial charge on any atom is -0.478 e. The van der Waals surface area contributed by atoms with Gasteiger partial charge in [0.15, 0.2) is 0 Å². The van der Waals surface area contributed by atoms with Crippen LogP contribution >= 0.6 is 0 Å². The van der Waals surface area contributed by atoms with E-state index < -0.39 is 18.0 Å². The van der Waals surface area contributed by atoms with E-state index in [4.69, 9.17) is 9.84 Å². The number of hydrogen-bond acceptors (Lipinski definition) is 5. The molecule has 1 aliphatic rings. The van der Waals surface area contributed by atoms with Crippen molar-refractivity contribution in [1.29, 1.82) is 0 Å². The van der Waals surface area contributed by atoms with Crippen molar-refractivity contribution in [2.75, 3.05) is 0 Å². The summed E-state index contributed by atoms with van der Waals surface area (Å²) < 4.78 is 5.39. The number of Topliss-reactive ketones (excluding diaryl/α,β-unsaturated/α-hetero) is 1. The van der Waals surface area contributed by atoms with Crippen molar-refractivity contribution in [3.05, 3.63) is 71.4 Å². The molecule has 1 heterocycles. The van der Waals surface area contributed by atoms with Gasteiger partial charge in [-0.25, -0.2) is 9.59 Å². The quantitative estimate of drug-likeness (QED) is 0.135. The number of rotatable bonds is 15. The number of aliphatic hydroxyl groups excluding tert-OH is 1. The van der Waals surface area contributed by atoms with Gasteiger partial charge >= 0.3 is 11.9 Å². The van der Waals surface area contributed by atoms with Crippen LogP contribution in [0.15, 0.2) is 71.4 Å². The number of allylic oxidation sites excluding steroid dienone is 8. The molecule has 6 heteroatoms. The molecule has 0 aromatic rings. The van der Waals surface area contributed by atoms with Crippen LogP contribution in [0.4, 0.5) is 0 Å². The Balaban J connectivity index is 2.69. The van der Waals surface area contributed by atoms with Gasteiger partial charge in [0.2, 0.25) is 0 Å². The van der Waals surface area contributed by atoms with Crippen LogP contribution in [-0.2, 0) is 19.1 Å². The Morgan fingerprint density at radius 3 is 2.38 bits per heavy atom. The summed E-state index contributed by atoms with van der Waals surface area (Å²) in [5, 5.41) is 19.6. The maximum absolute atomic E-state index is 13.0. The Morgan fingerprint density at radius 1 is 1.10 bits per heavy atom. The second-order valence-electron chi connectivity index (χ2n) is 11.1. The number of carboxylic acid groups (broad SMARTS) is 1. The Hall–Kier alpha value is -2.99. The first-order chi connectivity index (χ1) is 18.2. The molecule has 7 atom stereocenters. The highest BCUT2D eigenvalue weighted by molar-refractivity contribution is 5.85. The SMILES string of the molecule is CCC(/C=C/[C@H]1OC(=O)C=C[C@H]1C)=C\[C@@H](C)C/C=C/C(C)=C/[C@H](C)C(=O)[C@@H](C)[C@H](O)[C@@H](C)C/C(C)=C/C(=O)O. The van der Waals surface area contributed by atoms with Gasteiger partial charge in [0.25, 0.3) is 0 Å². The highest BCUT2D eigenvalue weighted by atomic mass is 16.5. The molecule has 39 heavy (non-hydrogen) atoms. The molecule has 0 aromatic carbocycles. The topological polar surface area (TPSA) is 101 Å². The van der Waals surface area contributed by atoms with Gasteiger partial charge in [0.05, 0.1) is 6.10 Å². The van der Waals surface area contributed by atoms with Crippen LogP contribution in [0.2, 0.25) is 0 Å². The zero-order valence-corrected chi connectivity index (χ0v) is 24.9. The number of ketones is 1. The van der Waals surface area contributed by atoms with Gasteiger partial charge < -0.3 is 14.9 Å². The molecule has 2 N–H and O–H groups in total. The van der Waals surface area contributed by atoms with E-state index in [2.05, 4.69) is 26.0 Å². The predicted octanol–water partition coefficient (Wildman–Crippen LogP) is 6.78. The number of ether oxygens (including phenoxy) is 1. The van der Waals surface area contributed by atoms with Gasteiger partial charge in [0, 0.05) is 29.9 Å². The second-order valence-corrected chi connectivity index (χ2v) is 11.1. The van der Waals surface area contributed by atoms with E-state index >= 15 is 0 Å². The van der Waals surface area contributed by atoms with E-state index in [0.29, 0.717) is 17.9 Å². The minimum atomic E-state index is -1.01. The number of hydrogen-bond donors (Lipinski definition) is 2. The summed E-state index contributed by atoms with van der Waals surface area (Å²) in [6, 6.07) is 0. The number of aliphatic carboxylic acids is 1. The predicted molar refractivity (Wildman–Crippen MR) is 157 cm³/mol. The smallest absolute Gasteiger partial charge is 0.331 e. The van der Waals surface area contributed by atoms with Crippen LogP contribution in [0.3, 0.4) is 0 Å². The molecule has 0 saturated carbocycles. The Morgan fingerprint density at radius 2 is 1.77 bits per heavy atom. The van der Waals surface area contributed by atoms with E-state index in [1.807, 2.05) is 58.1 Å². The maximum atomic E-state index is 13.0. The van der Waals surface area contributed by atoms with Crippen molar-refractivity contribution in [2.24, 2.45) is 29.6 Å². The van der Waals surface area contributed by atoms with E-state index in [-0.39, 0.29) is 35.6 Å². The highest BCUT2D eigenvalue weighted by Crippen LogP contribution is 2.24. The fourth-order valence-electron chi connectivity index (χ4n) is 4.75. The average molecular weight is 541 g/mol. The standard InChI is InChI=1S/C33H48O6/c1-9-28(14-15-29-24(5)13-16-31(36)39-29)19-22(3)12-10-11-21(2)17-25(6)32(37)27(8)33(38)26(7)18-23(4)20-30(34)35/h10-11,13-17,19-20,22,24-27,29,33,38H,9,12,18H2,1-8H3,(H,34,35)/b11-10+,15-14+,21-17+,23-20+,28-19+/t22-,24+,25-,26-,27+,29+,33+/m0/s1. The van der Waals surface area contributed by atoms with Crippen molar-refractivity contribution in [2.45, 2.75) is 86.9 Å². The van der Waals surface area contributed by atoms with Crippen molar-refractivity contribution < 1.29 is 29.3 Å². The molecule has 0 aliphatic carbocycles. The molecule has 1 rings (SSSR count). The van der Waals surface area contributed by atoms with Gasteiger partial charge in [-0.2, -0.15) is 0 Å². The van der Waals surface area contributed by atoms with Crippen LogP contribution in [0.5, 0.6) is 0 Å².